The van der Waals surface area contributed by atoms with Gasteiger partial charge in [0.25, 0.3) is 0 Å². The zero-order chi connectivity index (χ0) is 33.3. The van der Waals surface area contributed by atoms with Crippen LogP contribution >= 0.6 is 0 Å². The zero-order valence-electron chi connectivity index (χ0n) is 25.6. The van der Waals surface area contributed by atoms with E-state index in [2.05, 4.69) is 20.7 Å². The number of aliphatic hydroxyl groups excluding tert-OH is 3. The molecule has 0 bridgehead atoms. The van der Waals surface area contributed by atoms with E-state index < -0.39 is 116 Å². The van der Waals surface area contributed by atoms with Crippen molar-refractivity contribution in [3.8, 4) is 0 Å². The Hall–Kier alpha value is -2.97. The molecular formula is C26H43N3O15. The highest BCUT2D eigenvalue weighted by Crippen LogP contribution is 2.32. The topological polar surface area (TPSA) is 247 Å². The highest BCUT2D eigenvalue weighted by Gasteiger charge is 2.53. The van der Waals surface area contributed by atoms with Crippen LogP contribution in [0.1, 0.15) is 34.6 Å². The summed E-state index contributed by atoms with van der Waals surface area (Å²) in [7, 11) is 2.43. The molecule has 18 heteroatoms. The molecule has 0 aromatic heterocycles. The number of carbonyl (C=O) groups excluding carboxylic acids is 5. The van der Waals surface area contributed by atoms with Crippen LogP contribution < -0.4 is 16.0 Å². The molecule has 0 aromatic rings. The van der Waals surface area contributed by atoms with E-state index in [1.165, 1.54) is 27.9 Å². The Balaban J connectivity index is 2.56. The number of rotatable bonds is 13. The van der Waals surface area contributed by atoms with Crippen LogP contribution in [-0.4, -0.2) is 146 Å². The molecule has 0 aliphatic carbocycles. The molecule has 2 fully saturated rings. The van der Waals surface area contributed by atoms with Crippen molar-refractivity contribution in [3.05, 3.63) is 0 Å². The van der Waals surface area contributed by atoms with Gasteiger partial charge < -0.3 is 64.4 Å². The monoisotopic (exact) mass is 637 g/mol. The molecule has 0 spiro atoms. The molecule has 2 aliphatic rings. The standard InChI is InChI=1S/C26H43N3O15/c1-10(24(37)38-6)27-23(36)11(2)41-22-18(29-13(4)32)25(39-7)43-16(9-40-14(5)33)21(22)44-26-17(28-12(3)31)20(35)19(34)15(8-30)42-26/h10-11,15-22,25-26,30,34-35H,8-9H2,1-7H3,(H,27,36)(H,28,31)(H,29,32)/t10-,11+,15+,16+,17+,18+,19+,20+,21+,22+,25+,26-/m0/s1. The Morgan fingerprint density at radius 1 is 0.841 bits per heavy atom. The second-order valence-corrected chi connectivity index (χ2v) is 10.3. The van der Waals surface area contributed by atoms with Gasteiger partial charge in [0.05, 0.1) is 13.7 Å². The fourth-order valence-electron chi connectivity index (χ4n) is 4.76. The number of aliphatic hydroxyl groups is 3. The lowest BCUT2D eigenvalue weighted by molar-refractivity contribution is -0.335. The molecule has 0 saturated carbocycles. The van der Waals surface area contributed by atoms with Crippen molar-refractivity contribution in [3.63, 3.8) is 0 Å². The number of methoxy groups -OCH3 is 2. The highest BCUT2D eigenvalue weighted by atomic mass is 16.7. The van der Waals surface area contributed by atoms with Crippen LogP contribution in [-0.2, 0) is 57.1 Å². The second-order valence-electron chi connectivity index (χ2n) is 10.3. The van der Waals surface area contributed by atoms with Crippen LogP contribution in [0.25, 0.3) is 0 Å². The van der Waals surface area contributed by atoms with Gasteiger partial charge in [-0.05, 0) is 13.8 Å². The first kappa shape index (κ1) is 37.2. The average molecular weight is 638 g/mol. The summed E-state index contributed by atoms with van der Waals surface area (Å²) in [5.74, 6) is -3.31. The van der Waals surface area contributed by atoms with Crippen LogP contribution in [0.3, 0.4) is 0 Å². The maximum Gasteiger partial charge on any atom is 0.328 e. The van der Waals surface area contributed by atoms with Crippen LogP contribution in [0.5, 0.6) is 0 Å². The number of nitrogens with one attached hydrogen (secondary N) is 3. The third kappa shape index (κ3) is 9.77. The molecule has 6 N–H and O–H groups in total. The van der Waals surface area contributed by atoms with Crippen molar-refractivity contribution in [1.29, 1.82) is 0 Å². The Morgan fingerprint density at radius 2 is 1.43 bits per heavy atom. The molecule has 0 unspecified atom stereocenters. The molecule has 44 heavy (non-hydrogen) atoms. The largest absolute Gasteiger partial charge is 0.467 e. The maximum atomic E-state index is 13.0. The van der Waals surface area contributed by atoms with Crippen LogP contribution in [0.2, 0.25) is 0 Å². The van der Waals surface area contributed by atoms with E-state index in [1.54, 1.807) is 0 Å². The van der Waals surface area contributed by atoms with Crippen molar-refractivity contribution in [2.75, 3.05) is 27.4 Å². The van der Waals surface area contributed by atoms with E-state index in [4.69, 9.17) is 28.4 Å². The Bertz CT molecular complexity index is 1020. The molecule has 2 heterocycles. The number of hydrogen-bond acceptors (Lipinski definition) is 15. The number of hydrogen-bond donors (Lipinski definition) is 6. The molecule has 252 valence electrons. The van der Waals surface area contributed by atoms with E-state index in [9.17, 15) is 39.3 Å². The van der Waals surface area contributed by atoms with Crippen LogP contribution in [0.4, 0.5) is 0 Å². The fourth-order valence-corrected chi connectivity index (χ4v) is 4.76. The molecule has 2 rings (SSSR count). The van der Waals surface area contributed by atoms with Crippen molar-refractivity contribution in [1.82, 2.24) is 16.0 Å². The van der Waals surface area contributed by atoms with Gasteiger partial charge in [-0.1, -0.05) is 0 Å². The average Bonchev–Trinajstić information content (AvgIpc) is 2.96. The van der Waals surface area contributed by atoms with Crippen molar-refractivity contribution >= 4 is 29.7 Å². The predicted octanol–water partition coefficient (Wildman–Crippen LogP) is -3.79. The number of esters is 2. The molecule has 0 radical (unpaired) electrons. The second kappa shape index (κ2) is 16.9. The van der Waals surface area contributed by atoms with Gasteiger partial charge in [-0.3, -0.25) is 19.2 Å². The summed E-state index contributed by atoms with van der Waals surface area (Å²) in [6.07, 6.45) is -12.7. The molecule has 2 saturated heterocycles. The normalized spacial score (nSPS) is 33.3. The minimum atomic E-state index is -1.67. The van der Waals surface area contributed by atoms with Crippen molar-refractivity contribution in [2.24, 2.45) is 0 Å². The molecule has 18 nitrogen and oxygen atoms in total. The zero-order valence-corrected chi connectivity index (χ0v) is 25.6. The number of ether oxygens (including phenoxy) is 7. The molecule has 3 amide bonds. The van der Waals surface area contributed by atoms with Gasteiger partial charge >= 0.3 is 11.9 Å². The summed E-state index contributed by atoms with van der Waals surface area (Å²) in [6.45, 7) is 5.08. The fraction of sp³-hybridized carbons (Fsp3) is 0.808. The van der Waals surface area contributed by atoms with Crippen molar-refractivity contribution in [2.45, 2.75) is 108 Å². The highest BCUT2D eigenvalue weighted by molar-refractivity contribution is 5.86. The van der Waals surface area contributed by atoms with Gasteiger partial charge in [0.1, 0.15) is 67.5 Å². The summed E-state index contributed by atoms with van der Waals surface area (Å²) < 4.78 is 39.2. The first-order valence-corrected chi connectivity index (χ1v) is 13.8. The summed E-state index contributed by atoms with van der Waals surface area (Å²) in [6, 6.07) is -3.59. The quantitative estimate of drug-likeness (QED) is 0.106. The number of carbonyl (C=O) groups is 5. The molecule has 12 atom stereocenters. The Morgan fingerprint density at radius 3 is 1.95 bits per heavy atom. The van der Waals surface area contributed by atoms with Gasteiger partial charge in [0, 0.05) is 27.9 Å². The van der Waals surface area contributed by atoms with Gasteiger partial charge in [0.2, 0.25) is 17.7 Å². The summed E-state index contributed by atoms with van der Waals surface area (Å²) in [5, 5.41) is 38.5. The van der Waals surface area contributed by atoms with E-state index in [-0.39, 0.29) is 0 Å². The maximum absolute atomic E-state index is 13.0. The summed E-state index contributed by atoms with van der Waals surface area (Å²) in [4.78, 5) is 60.8. The lowest BCUT2D eigenvalue weighted by Crippen LogP contribution is -2.70. The summed E-state index contributed by atoms with van der Waals surface area (Å²) >= 11 is 0. The molecule has 0 aromatic carbocycles. The van der Waals surface area contributed by atoms with Crippen molar-refractivity contribution < 1.29 is 72.5 Å². The predicted molar refractivity (Wildman–Crippen MR) is 144 cm³/mol. The van der Waals surface area contributed by atoms with E-state index in [1.807, 2.05) is 0 Å². The Kier molecular flexibility index (Phi) is 14.3. The SMILES string of the molecule is COC(=O)[C@H](C)NC(=O)[C@@H](C)O[C@@H]1[C@@H](NC(C)=O)[C@H](OC)O[C@H](COC(C)=O)[C@H]1O[C@@H]1O[C@H](CO)[C@@H](O)[C@H](O)[C@H]1NC(C)=O. The van der Waals surface area contributed by atoms with Gasteiger partial charge in [-0.25, -0.2) is 4.79 Å². The third-order valence-electron chi connectivity index (χ3n) is 6.89. The van der Waals surface area contributed by atoms with E-state index in [0.717, 1.165) is 21.0 Å². The Labute approximate surface area is 253 Å². The molecular weight excluding hydrogens is 594 g/mol. The smallest absolute Gasteiger partial charge is 0.328 e. The molecule has 2 aliphatic heterocycles. The summed E-state index contributed by atoms with van der Waals surface area (Å²) in [5.41, 5.74) is 0. The van der Waals surface area contributed by atoms with Crippen LogP contribution in [0.15, 0.2) is 0 Å². The number of amides is 3. The van der Waals surface area contributed by atoms with E-state index >= 15 is 0 Å². The third-order valence-corrected chi connectivity index (χ3v) is 6.89. The van der Waals surface area contributed by atoms with Gasteiger partial charge in [0.15, 0.2) is 12.6 Å². The first-order valence-electron chi connectivity index (χ1n) is 13.8. The lowest BCUT2D eigenvalue weighted by Gasteiger charge is -2.49. The lowest BCUT2D eigenvalue weighted by atomic mass is 9.94. The minimum Gasteiger partial charge on any atom is -0.467 e. The minimum absolute atomic E-state index is 0.446. The van der Waals surface area contributed by atoms with Gasteiger partial charge in [-0.15, -0.1) is 0 Å². The van der Waals surface area contributed by atoms with Gasteiger partial charge in [-0.2, -0.15) is 0 Å². The van der Waals surface area contributed by atoms with Crippen LogP contribution in [0, 0.1) is 0 Å². The van der Waals surface area contributed by atoms with E-state index in [0.29, 0.717) is 0 Å². The first-order chi connectivity index (χ1) is 20.6.